The number of aryl methyl sites for hydroxylation is 1. The monoisotopic (exact) mass is 418 g/mol. The van der Waals surface area contributed by atoms with Gasteiger partial charge in [0.15, 0.2) is 5.13 Å². The predicted octanol–water partition coefficient (Wildman–Crippen LogP) is 5.23. The lowest BCUT2D eigenvalue weighted by atomic mass is 10.1. The molecule has 0 unspecified atom stereocenters. The molecule has 0 saturated carbocycles. The molecule has 30 heavy (non-hydrogen) atoms. The summed E-state index contributed by atoms with van der Waals surface area (Å²) in [7, 11) is 1.60. The summed E-state index contributed by atoms with van der Waals surface area (Å²) < 4.78 is 10.8. The molecule has 4 rings (SSSR count). The molecular weight excluding hydrogens is 396 g/mol. The minimum absolute atomic E-state index is 0.237. The predicted molar refractivity (Wildman–Crippen MR) is 120 cm³/mol. The number of benzene rings is 2. The highest BCUT2D eigenvalue weighted by molar-refractivity contribution is 7.15. The molecule has 5 nitrogen and oxygen atoms in total. The van der Waals surface area contributed by atoms with Crippen LogP contribution in [0.4, 0.5) is 5.13 Å². The van der Waals surface area contributed by atoms with Crippen LogP contribution in [0, 0.1) is 0 Å². The van der Waals surface area contributed by atoms with E-state index in [9.17, 15) is 4.79 Å². The Balaban J connectivity index is 1.46. The van der Waals surface area contributed by atoms with Crippen molar-refractivity contribution < 1.29 is 14.3 Å². The zero-order valence-corrected chi connectivity index (χ0v) is 17.7. The van der Waals surface area contributed by atoms with Gasteiger partial charge in [-0.2, -0.15) is 0 Å². The summed E-state index contributed by atoms with van der Waals surface area (Å²) in [4.78, 5) is 18.2. The molecule has 0 saturated heterocycles. The van der Waals surface area contributed by atoms with Crippen molar-refractivity contribution in [2.24, 2.45) is 0 Å². The summed E-state index contributed by atoms with van der Waals surface area (Å²) in [5, 5.41) is 3.46. The number of nitrogens with one attached hydrogen (secondary N) is 1. The third-order valence-electron chi connectivity index (χ3n) is 4.82. The first kappa shape index (κ1) is 19.9. The molecule has 1 aliphatic rings. The average molecular weight is 419 g/mol. The number of anilines is 1. The maximum Gasteiger partial charge on any atom is 0.257 e. The van der Waals surface area contributed by atoms with Gasteiger partial charge in [-0.25, -0.2) is 4.98 Å². The van der Waals surface area contributed by atoms with Gasteiger partial charge in [-0.15, -0.1) is 11.3 Å². The minimum atomic E-state index is -0.237. The van der Waals surface area contributed by atoms with Gasteiger partial charge in [0, 0.05) is 28.6 Å². The third kappa shape index (κ3) is 4.60. The Morgan fingerprint density at radius 3 is 2.73 bits per heavy atom. The van der Waals surface area contributed by atoms with Crippen LogP contribution in [0.2, 0.25) is 0 Å². The van der Waals surface area contributed by atoms with Crippen molar-refractivity contribution in [1.29, 1.82) is 0 Å². The molecule has 2 aromatic carbocycles. The molecule has 1 aliphatic heterocycles. The topological polar surface area (TPSA) is 60.5 Å². The van der Waals surface area contributed by atoms with E-state index in [1.165, 1.54) is 28.7 Å². The van der Waals surface area contributed by atoms with Crippen LogP contribution in [0.3, 0.4) is 0 Å². The van der Waals surface area contributed by atoms with Gasteiger partial charge in [0.05, 0.1) is 13.4 Å². The molecular formula is C24H22N2O3S. The number of carbonyl (C=O) groups is 1. The molecule has 0 bridgehead atoms. The third-order valence-corrected chi connectivity index (χ3v) is 5.73. The molecule has 152 valence electrons. The van der Waals surface area contributed by atoms with Gasteiger partial charge in [0.2, 0.25) is 0 Å². The van der Waals surface area contributed by atoms with Crippen LogP contribution in [0.1, 0.15) is 28.5 Å². The van der Waals surface area contributed by atoms with E-state index in [-0.39, 0.29) is 5.91 Å². The molecule has 0 atom stereocenters. The number of nitrogens with zero attached hydrogens (tertiary/aromatic N) is 1. The summed E-state index contributed by atoms with van der Waals surface area (Å²) in [5.41, 5.74) is 3.81. The summed E-state index contributed by atoms with van der Waals surface area (Å²) >= 11 is 1.48. The quantitative estimate of drug-likeness (QED) is 0.595. The molecule has 1 amide bonds. The number of hydrogen-bond donors (Lipinski definition) is 1. The van der Waals surface area contributed by atoms with E-state index >= 15 is 0 Å². The van der Waals surface area contributed by atoms with Crippen LogP contribution in [0.15, 0.2) is 66.6 Å². The lowest BCUT2D eigenvalue weighted by Gasteiger charge is -2.06. The van der Waals surface area contributed by atoms with Crippen molar-refractivity contribution in [1.82, 2.24) is 4.98 Å². The van der Waals surface area contributed by atoms with Crippen LogP contribution < -0.4 is 14.8 Å². The SMILES string of the molecule is CCc1ccc(Cc2cnc(NC(=O)C3=Cc4cc(OC)ccc4OC=C3)s2)cc1. The van der Waals surface area contributed by atoms with E-state index in [0.717, 1.165) is 23.3 Å². The number of rotatable bonds is 6. The van der Waals surface area contributed by atoms with Crippen molar-refractivity contribution in [2.75, 3.05) is 12.4 Å². The number of carbonyl (C=O) groups excluding carboxylic acids is 1. The molecule has 0 spiro atoms. The van der Waals surface area contributed by atoms with Crippen LogP contribution in [-0.4, -0.2) is 18.0 Å². The normalized spacial score (nSPS) is 12.4. The second-order valence-corrected chi connectivity index (χ2v) is 7.97. The largest absolute Gasteiger partial charge is 0.497 e. The van der Waals surface area contributed by atoms with Crippen molar-refractivity contribution in [3.8, 4) is 11.5 Å². The molecule has 0 radical (unpaired) electrons. The first-order valence-electron chi connectivity index (χ1n) is 9.71. The second kappa shape index (κ2) is 8.97. The van der Waals surface area contributed by atoms with Gasteiger partial charge in [-0.1, -0.05) is 31.2 Å². The van der Waals surface area contributed by atoms with Gasteiger partial charge in [0.25, 0.3) is 5.91 Å². The van der Waals surface area contributed by atoms with Gasteiger partial charge in [-0.3, -0.25) is 10.1 Å². The molecule has 3 aromatic rings. The van der Waals surface area contributed by atoms with E-state index in [2.05, 4.69) is 41.5 Å². The maximum atomic E-state index is 12.8. The number of fused-ring (bicyclic) bond motifs is 1. The molecule has 6 heteroatoms. The molecule has 0 aliphatic carbocycles. The van der Waals surface area contributed by atoms with E-state index < -0.39 is 0 Å². The highest BCUT2D eigenvalue weighted by atomic mass is 32.1. The first-order valence-corrected chi connectivity index (χ1v) is 10.5. The standard InChI is InChI=1S/C24H22N2O3S/c1-3-16-4-6-17(7-5-16)12-21-15-25-24(30-21)26-23(27)18-10-11-29-22-9-8-20(28-2)14-19(22)13-18/h4-11,13-15H,3,12H2,1-2H3,(H,25,26,27). The molecule has 1 N–H and O–H groups in total. The second-order valence-electron chi connectivity index (χ2n) is 6.86. The number of ether oxygens (including phenoxy) is 2. The van der Waals surface area contributed by atoms with Crippen molar-refractivity contribution in [3.63, 3.8) is 0 Å². The van der Waals surface area contributed by atoms with Crippen LogP contribution in [0.25, 0.3) is 6.08 Å². The van der Waals surface area contributed by atoms with E-state index in [4.69, 9.17) is 9.47 Å². The lowest BCUT2D eigenvalue weighted by molar-refractivity contribution is -0.112. The number of amides is 1. The Hall–Kier alpha value is -3.38. The highest BCUT2D eigenvalue weighted by Crippen LogP contribution is 2.29. The number of aromatic nitrogens is 1. The Kier molecular flexibility index (Phi) is 5.95. The number of thiazole rings is 1. The Labute approximate surface area is 179 Å². The molecule has 1 aromatic heterocycles. The van der Waals surface area contributed by atoms with Crippen molar-refractivity contribution >= 4 is 28.5 Å². The van der Waals surface area contributed by atoms with Gasteiger partial charge < -0.3 is 9.47 Å². The average Bonchev–Trinajstić information content (AvgIpc) is 3.08. The molecule has 2 heterocycles. The fourth-order valence-corrected chi connectivity index (χ4v) is 3.96. The zero-order chi connectivity index (χ0) is 20.9. The fourth-order valence-electron chi connectivity index (χ4n) is 3.12. The van der Waals surface area contributed by atoms with E-state index in [1.807, 2.05) is 24.4 Å². The zero-order valence-electron chi connectivity index (χ0n) is 16.8. The number of hydrogen-bond acceptors (Lipinski definition) is 5. The van der Waals surface area contributed by atoms with E-state index in [0.29, 0.717) is 22.2 Å². The van der Waals surface area contributed by atoms with Gasteiger partial charge in [0.1, 0.15) is 11.5 Å². The fraction of sp³-hybridized carbons (Fsp3) is 0.167. The van der Waals surface area contributed by atoms with Crippen molar-refractivity contribution in [3.05, 3.63) is 88.1 Å². The minimum Gasteiger partial charge on any atom is -0.497 e. The summed E-state index contributed by atoms with van der Waals surface area (Å²) in [6.45, 7) is 2.15. The van der Waals surface area contributed by atoms with Crippen LogP contribution in [-0.2, 0) is 17.6 Å². The highest BCUT2D eigenvalue weighted by Gasteiger charge is 2.14. The van der Waals surface area contributed by atoms with Gasteiger partial charge >= 0.3 is 0 Å². The summed E-state index contributed by atoms with van der Waals surface area (Å²) in [6, 6.07) is 14.1. The van der Waals surface area contributed by atoms with E-state index in [1.54, 1.807) is 19.3 Å². The van der Waals surface area contributed by atoms with Crippen LogP contribution >= 0.6 is 11.3 Å². The lowest BCUT2D eigenvalue weighted by Crippen LogP contribution is -2.12. The number of methoxy groups -OCH3 is 1. The maximum absolute atomic E-state index is 12.8. The Bertz CT molecular complexity index is 1110. The smallest absolute Gasteiger partial charge is 0.257 e. The summed E-state index contributed by atoms with van der Waals surface area (Å²) in [5.74, 6) is 1.13. The first-order chi connectivity index (χ1) is 14.6. The Morgan fingerprint density at radius 2 is 1.97 bits per heavy atom. The van der Waals surface area contributed by atoms with Gasteiger partial charge in [-0.05, 0) is 47.9 Å². The van der Waals surface area contributed by atoms with Crippen molar-refractivity contribution in [2.45, 2.75) is 19.8 Å². The summed E-state index contributed by atoms with van der Waals surface area (Å²) in [6.07, 6.45) is 8.57. The Morgan fingerprint density at radius 1 is 1.17 bits per heavy atom. The van der Waals surface area contributed by atoms with Crippen LogP contribution in [0.5, 0.6) is 11.5 Å². The molecule has 0 fully saturated rings.